The average molecular weight is 365 g/mol. The number of hydrogen-bond donors (Lipinski definition) is 1. The molecule has 4 rings (SSSR count). The van der Waals surface area contributed by atoms with E-state index >= 15 is 0 Å². The van der Waals surface area contributed by atoms with Gasteiger partial charge in [-0.1, -0.05) is 18.2 Å². The second-order valence-corrected chi connectivity index (χ2v) is 6.83. The molecule has 1 atom stereocenters. The van der Waals surface area contributed by atoms with Crippen molar-refractivity contribution in [3.63, 3.8) is 0 Å². The predicted octanol–water partition coefficient (Wildman–Crippen LogP) is 2.64. The topological polar surface area (TPSA) is 64.9 Å². The quantitative estimate of drug-likeness (QED) is 0.729. The zero-order valence-corrected chi connectivity index (χ0v) is 15.4. The number of ether oxygens (including phenoxy) is 2. The summed E-state index contributed by atoms with van der Waals surface area (Å²) in [5, 5.41) is 3.03. The number of para-hydroxylation sites is 1. The van der Waals surface area contributed by atoms with Crippen molar-refractivity contribution in [2.45, 2.75) is 19.3 Å². The summed E-state index contributed by atoms with van der Waals surface area (Å²) in [5.74, 6) is 1.91. The van der Waals surface area contributed by atoms with E-state index in [4.69, 9.17) is 9.47 Å². The number of hydrogen-bond acceptors (Lipinski definition) is 4. The molecule has 2 aromatic heterocycles. The van der Waals surface area contributed by atoms with Crippen molar-refractivity contribution in [1.29, 1.82) is 0 Å². The minimum atomic E-state index is 0.0449. The van der Waals surface area contributed by atoms with Crippen LogP contribution in [0.3, 0.4) is 0 Å². The van der Waals surface area contributed by atoms with E-state index in [1.54, 1.807) is 7.11 Å². The Morgan fingerprint density at radius 3 is 3.11 bits per heavy atom. The molecule has 6 heteroatoms. The number of carbonyl (C=O) groups excluding carboxylic acids is 1. The number of nitrogens with one attached hydrogen (secondary N) is 1. The molecule has 0 fully saturated rings. The minimum absolute atomic E-state index is 0.0449. The molecule has 3 aromatic rings. The van der Waals surface area contributed by atoms with Crippen molar-refractivity contribution in [3.8, 4) is 11.5 Å². The molecule has 3 heterocycles. The van der Waals surface area contributed by atoms with Crippen LogP contribution in [0.2, 0.25) is 0 Å². The highest BCUT2D eigenvalue weighted by Crippen LogP contribution is 2.35. The lowest BCUT2D eigenvalue weighted by atomic mass is 9.96. The van der Waals surface area contributed by atoms with Crippen molar-refractivity contribution in [2.75, 3.05) is 20.3 Å². The normalized spacial score (nSPS) is 15.8. The van der Waals surface area contributed by atoms with Gasteiger partial charge in [0.2, 0.25) is 5.91 Å². The Hall–Kier alpha value is -3.02. The molecule has 0 saturated heterocycles. The molecule has 0 spiro atoms. The van der Waals surface area contributed by atoms with Crippen molar-refractivity contribution in [1.82, 2.24) is 14.7 Å². The number of aromatic nitrogens is 2. The first-order valence-corrected chi connectivity index (χ1v) is 9.21. The lowest BCUT2D eigenvalue weighted by molar-refractivity contribution is -0.121. The molecule has 0 saturated carbocycles. The lowest BCUT2D eigenvalue weighted by Gasteiger charge is -2.26. The van der Waals surface area contributed by atoms with Crippen molar-refractivity contribution in [2.24, 2.45) is 5.92 Å². The van der Waals surface area contributed by atoms with Gasteiger partial charge < -0.3 is 19.2 Å². The standard InChI is InChI=1S/C21H23N3O3/c1-26-18-6-4-5-16-11-15(14-27-21(16)18)12-22-20(25)9-8-17-13-24-10-3-2-7-19(24)23-17/h2-7,10,13,15H,8-9,11-12,14H2,1H3,(H,22,25)/t15-/m0/s1. The maximum absolute atomic E-state index is 12.2. The van der Waals surface area contributed by atoms with Gasteiger partial charge in [0.15, 0.2) is 11.5 Å². The van der Waals surface area contributed by atoms with Crippen LogP contribution in [0.15, 0.2) is 48.8 Å². The third-order valence-electron chi connectivity index (χ3n) is 4.86. The summed E-state index contributed by atoms with van der Waals surface area (Å²) in [6.07, 6.45) is 5.87. The van der Waals surface area contributed by atoms with Crippen LogP contribution in [-0.4, -0.2) is 35.6 Å². The van der Waals surface area contributed by atoms with Crippen molar-refractivity contribution >= 4 is 11.6 Å². The number of fused-ring (bicyclic) bond motifs is 2. The average Bonchev–Trinajstić information content (AvgIpc) is 3.13. The molecule has 1 N–H and O–H groups in total. The third-order valence-corrected chi connectivity index (χ3v) is 4.86. The Kier molecular flexibility index (Phi) is 4.96. The van der Waals surface area contributed by atoms with E-state index in [2.05, 4.69) is 16.4 Å². The molecule has 1 aliphatic heterocycles. The first-order chi connectivity index (χ1) is 13.2. The van der Waals surface area contributed by atoms with Crippen molar-refractivity contribution in [3.05, 3.63) is 60.0 Å². The van der Waals surface area contributed by atoms with E-state index in [9.17, 15) is 4.79 Å². The summed E-state index contributed by atoms with van der Waals surface area (Å²) in [6, 6.07) is 11.8. The number of imidazole rings is 1. The molecular weight excluding hydrogens is 342 g/mol. The zero-order chi connectivity index (χ0) is 18.6. The van der Waals surface area contributed by atoms with Gasteiger partial charge in [-0.05, 0) is 36.6 Å². The number of carbonyl (C=O) groups is 1. The minimum Gasteiger partial charge on any atom is -0.493 e. The van der Waals surface area contributed by atoms with E-state index in [1.165, 1.54) is 0 Å². The fourth-order valence-corrected chi connectivity index (χ4v) is 3.44. The molecule has 1 aromatic carbocycles. The molecule has 0 radical (unpaired) electrons. The maximum atomic E-state index is 12.2. The van der Waals surface area contributed by atoms with E-state index in [-0.39, 0.29) is 11.8 Å². The van der Waals surface area contributed by atoms with Crippen LogP contribution in [0, 0.1) is 5.92 Å². The molecule has 0 unspecified atom stereocenters. The number of benzene rings is 1. The zero-order valence-electron chi connectivity index (χ0n) is 15.4. The van der Waals surface area contributed by atoms with Crippen molar-refractivity contribution < 1.29 is 14.3 Å². The van der Waals surface area contributed by atoms with Crippen LogP contribution >= 0.6 is 0 Å². The second-order valence-electron chi connectivity index (χ2n) is 6.83. The summed E-state index contributed by atoms with van der Waals surface area (Å²) >= 11 is 0. The maximum Gasteiger partial charge on any atom is 0.220 e. The SMILES string of the molecule is COc1cccc2c1OC[C@H](CNC(=O)CCc1cn3ccccc3n1)C2. The highest BCUT2D eigenvalue weighted by Gasteiger charge is 2.23. The summed E-state index contributed by atoms with van der Waals surface area (Å²) in [6.45, 7) is 1.20. The summed E-state index contributed by atoms with van der Waals surface area (Å²) in [5.41, 5.74) is 2.96. The number of amides is 1. The number of pyridine rings is 1. The molecule has 140 valence electrons. The van der Waals surface area contributed by atoms with Gasteiger partial charge in [0.1, 0.15) is 5.65 Å². The van der Waals surface area contributed by atoms with Gasteiger partial charge in [0.05, 0.1) is 19.4 Å². The number of methoxy groups -OCH3 is 1. The lowest BCUT2D eigenvalue weighted by Crippen LogP contribution is -2.35. The van der Waals surface area contributed by atoms with Gasteiger partial charge >= 0.3 is 0 Å². The molecule has 1 aliphatic rings. The van der Waals surface area contributed by atoms with Crippen LogP contribution in [-0.2, 0) is 17.6 Å². The number of rotatable bonds is 6. The van der Waals surface area contributed by atoms with Crippen LogP contribution in [0.5, 0.6) is 11.5 Å². The third kappa shape index (κ3) is 3.89. The summed E-state index contributed by atoms with van der Waals surface area (Å²) in [4.78, 5) is 16.7. The first-order valence-electron chi connectivity index (χ1n) is 9.21. The smallest absolute Gasteiger partial charge is 0.220 e. The fourth-order valence-electron chi connectivity index (χ4n) is 3.44. The Balaban J connectivity index is 1.27. The molecule has 6 nitrogen and oxygen atoms in total. The molecule has 0 aliphatic carbocycles. The van der Waals surface area contributed by atoms with Gasteiger partial charge in [-0.15, -0.1) is 0 Å². The van der Waals surface area contributed by atoms with E-state index < -0.39 is 0 Å². The number of nitrogens with zero attached hydrogens (tertiary/aromatic N) is 2. The fraction of sp³-hybridized carbons (Fsp3) is 0.333. The van der Waals surface area contributed by atoms with Crippen LogP contribution in [0.4, 0.5) is 0 Å². The predicted molar refractivity (Wildman–Crippen MR) is 102 cm³/mol. The first kappa shape index (κ1) is 17.4. The Labute approximate surface area is 158 Å². The monoisotopic (exact) mass is 365 g/mol. The summed E-state index contributed by atoms with van der Waals surface area (Å²) < 4.78 is 13.2. The van der Waals surface area contributed by atoms with E-state index in [1.807, 2.05) is 47.1 Å². The molecule has 27 heavy (non-hydrogen) atoms. The van der Waals surface area contributed by atoms with Crippen LogP contribution in [0.1, 0.15) is 17.7 Å². The molecule has 0 bridgehead atoms. The van der Waals surface area contributed by atoms with E-state index in [0.29, 0.717) is 26.0 Å². The Morgan fingerprint density at radius 1 is 1.33 bits per heavy atom. The highest BCUT2D eigenvalue weighted by molar-refractivity contribution is 5.76. The van der Waals surface area contributed by atoms with Gasteiger partial charge in [0, 0.05) is 31.3 Å². The van der Waals surface area contributed by atoms with E-state index in [0.717, 1.165) is 34.8 Å². The van der Waals surface area contributed by atoms with Gasteiger partial charge in [-0.25, -0.2) is 4.98 Å². The number of aryl methyl sites for hydroxylation is 1. The Bertz CT molecular complexity index is 918. The largest absolute Gasteiger partial charge is 0.493 e. The van der Waals surface area contributed by atoms with Crippen LogP contribution < -0.4 is 14.8 Å². The van der Waals surface area contributed by atoms with Gasteiger partial charge in [0.25, 0.3) is 0 Å². The van der Waals surface area contributed by atoms with Crippen LogP contribution in [0.25, 0.3) is 5.65 Å². The summed E-state index contributed by atoms with van der Waals surface area (Å²) in [7, 11) is 1.65. The molecule has 1 amide bonds. The van der Waals surface area contributed by atoms with Gasteiger partial charge in [-0.2, -0.15) is 0 Å². The molecular formula is C21H23N3O3. The Morgan fingerprint density at radius 2 is 2.26 bits per heavy atom. The second kappa shape index (κ2) is 7.70. The van der Waals surface area contributed by atoms with Gasteiger partial charge in [-0.3, -0.25) is 4.79 Å². The highest BCUT2D eigenvalue weighted by atomic mass is 16.5.